The summed E-state index contributed by atoms with van der Waals surface area (Å²) in [5.41, 5.74) is 1.20. The van der Waals surface area contributed by atoms with Gasteiger partial charge in [-0.3, -0.25) is 9.59 Å². The quantitative estimate of drug-likeness (QED) is 0.368. The molecule has 2 aromatic rings. The van der Waals surface area contributed by atoms with Gasteiger partial charge in [-0.1, -0.05) is 41.9 Å². The minimum Gasteiger partial charge on any atom is -0.426 e. The first kappa shape index (κ1) is 15.0. The second-order valence-corrected chi connectivity index (χ2v) is 4.78. The van der Waals surface area contributed by atoms with E-state index < -0.39 is 5.97 Å². The zero-order chi connectivity index (χ0) is 15.2. The summed E-state index contributed by atoms with van der Waals surface area (Å²) in [5, 5.41) is 0.638. The minimum atomic E-state index is -0.461. The summed E-state index contributed by atoms with van der Waals surface area (Å²) < 4.78 is 5.02. The number of allylic oxidation sites excluding steroid dienone is 1. The molecule has 0 atom stereocenters. The van der Waals surface area contributed by atoms with Gasteiger partial charge in [0.05, 0.1) is 5.56 Å². The monoisotopic (exact) mass is 300 g/mol. The second kappa shape index (κ2) is 6.86. The fourth-order valence-corrected chi connectivity index (χ4v) is 1.88. The maximum Gasteiger partial charge on any atom is 0.308 e. The van der Waals surface area contributed by atoms with Gasteiger partial charge in [-0.05, 0) is 35.9 Å². The second-order valence-electron chi connectivity index (χ2n) is 4.34. The number of para-hydroxylation sites is 1. The Kier molecular flexibility index (Phi) is 4.90. The normalized spacial score (nSPS) is 10.6. The fourth-order valence-electron chi connectivity index (χ4n) is 1.75. The summed E-state index contributed by atoms with van der Waals surface area (Å²) in [5.74, 6) is -0.436. The Balaban J connectivity index is 2.20. The number of halogens is 1. The predicted octanol–water partition coefficient (Wildman–Crippen LogP) is 4.16. The standard InChI is InChI=1S/C17H13ClO3/c1-12(19)21-17-5-3-2-4-15(17)16(20)11-8-13-6-9-14(18)10-7-13/h2-11H,1H3/b11-8+. The van der Waals surface area contributed by atoms with E-state index in [-0.39, 0.29) is 11.5 Å². The van der Waals surface area contributed by atoms with Crippen molar-refractivity contribution in [2.45, 2.75) is 6.92 Å². The summed E-state index contributed by atoms with van der Waals surface area (Å²) in [6.07, 6.45) is 3.12. The van der Waals surface area contributed by atoms with Gasteiger partial charge in [0.25, 0.3) is 0 Å². The molecule has 0 aliphatic carbocycles. The van der Waals surface area contributed by atoms with E-state index in [4.69, 9.17) is 16.3 Å². The van der Waals surface area contributed by atoms with Gasteiger partial charge in [0, 0.05) is 11.9 Å². The van der Waals surface area contributed by atoms with Crippen LogP contribution in [-0.2, 0) is 4.79 Å². The van der Waals surface area contributed by atoms with Crippen LogP contribution in [-0.4, -0.2) is 11.8 Å². The Morgan fingerprint density at radius 3 is 2.38 bits per heavy atom. The number of hydrogen-bond acceptors (Lipinski definition) is 3. The number of carbonyl (C=O) groups is 2. The smallest absolute Gasteiger partial charge is 0.308 e. The molecule has 0 heterocycles. The van der Waals surface area contributed by atoms with Crippen LogP contribution in [0.2, 0.25) is 5.02 Å². The Bertz CT molecular complexity index is 687. The van der Waals surface area contributed by atoms with Crippen LogP contribution < -0.4 is 4.74 Å². The lowest BCUT2D eigenvalue weighted by Crippen LogP contribution is -2.06. The molecule has 0 fully saturated rings. The number of benzene rings is 2. The molecular weight excluding hydrogens is 288 g/mol. The van der Waals surface area contributed by atoms with Gasteiger partial charge in [-0.2, -0.15) is 0 Å². The number of ether oxygens (including phenoxy) is 1. The maximum absolute atomic E-state index is 12.2. The highest BCUT2D eigenvalue weighted by molar-refractivity contribution is 6.30. The van der Waals surface area contributed by atoms with E-state index in [1.54, 1.807) is 42.5 Å². The molecule has 0 unspecified atom stereocenters. The van der Waals surface area contributed by atoms with Gasteiger partial charge in [-0.25, -0.2) is 0 Å². The fraction of sp³-hybridized carbons (Fsp3) is 0.0588. The molecule has 0 N–H and O–H groups in total. The van der Waals surface area contributed by atoms with E-state index in [1.165, 1.54) is 13.0 Å². The molecule has 2 aromatic carbocycles. The highest BCUT2D eigenvalue weighted by atomic mass is 35.5. The Labute approximate surface area is 127 Å². The van der Waals surface area contributed by atoms with Crippen molar-refractivity contribution in [3.05, 3.63) is 70.8 Å². The average molecular weight is 301 g/mol. The largest absolute Gasteiger partial charge is 0.426 e. The highest BCUT2D eigenvalue weighted by Gasteiger charge is 2.10. The van der Waals surface area contributed by atoms with Crippen LogP contribution in [0, 0.1) is 0 Å². The predicted molar refractivity (Wildman–Crippen MR) is 82.6 cm³/mol. The highest BCUT2D eigenvalue weighted by Crippen LogP contribution is 2.20. The van der Waals surface area contributed by atoms with Gasteiger partial charge < -0.3 is 4.74 Å². The third kappa shape index (κ3) is 4.29. The summed E-state index contributed by atoms with van der Waals surface area (Å²) >= 11 is 5.80. The number of hydrogen-bond donors (Lipinski definition) is 0. The van der Waals surface area contributed by atoms with Gasteiger partial charge in [0.1, 0.15) is 5.75 Å². The zero-order valence-electron chi connectivity index (χ0n) is 11.4. The van der Waals surface area contributed by atoms with E-state index in [0.29, 0.717) is 10.6 Å². The van der Waals surface area contributed by atoms with Crippen molar-refractivity contribution >= 4 is 29.4 Å². The molecule has 4 heteroatoms. The topological polar surface area (TPSA) is 43.4 Å². The number of esters is 1. The Hall–Kier alpha value is -2.39. The molecule has 0 aliphatic heterocycles. The molecule has 0 aliphatic rings. The molecule has 21 heavy (non-hydrogen) atoms. The van der Waals surface area contributed by atoms with Crippen molar-refractivity contribution in [1.29, 1.82) is 0 Å². The van der Waals surface area contributed by atoms with Crippen molar-refractivity contribution in [3.8, 4) is 5.75 Å². The molecule has 0 aromatic heterocycles. The lowest BCUT2D eigenvalue weighted by molar-refractivity contribution is -0.131. The van der Waals surface area contributed by atoms with Crippen molar-refractivity contribution in [2.24, 2.45) is 0 Å². The van der Waals surface area contributed by atoms with Gasteiger partial charge in [0.15, 0.2) is 5.78 Å². The third-order valence-electron chi connectivity index (χ3n) is 2.70. The molecule has 2 rings (SSSR count). The molecule has 0 bridgehead atoms. The van der Waals surface area contributed by atoms with Crippen LogP contribution in [0.15, 0.2) is 54.6 Å². The number of rotatable bonds is 4. The maximum atomic E-state index is 12.2. The lowest BCUT2D eigenvalue weighted by atomic mass is 10.1. The molecule has 0 amide bonds. The first-order valence-corrected chi connectivity index (χ1v) is 6.69. The SMILES string of the molecule is CC(=O)Oc1ccccc1C(=O)/C=C/c1ccc(Cl)cc1. The Morgan fingerprint density at radius 1 is 1.05 bits per heavy atom. The van der Waals surface area contributed by atoms with Crippen molar-refractivity contribution in [3.63, 3.8) is 0 Å². The molecular formula is C17H13ClO3. The van der Waals surface area contributed by atoms with Crippen molar-refractivity contribution in [2.75, 3.05) is 0 Å². The molecule has 0 saturated carbocycles. The molecule has 0 radical (unpaired) electrons. The summed E-state index contributed by atoms with van der Waals surface area (Å²) in [7, 11) is 0. The first-order chi connectivity index (χ1) is 10.1. The van der Waals surface area contributed by atoms with Crippen molar-refractivity contribution in [1.82, 2.24) is 0 Å². The summed E-state index contributed by atoms with van der Waals surface area (Å²) in [6.45, 7) is 1.30. The molecule has 3 nitrogen and oxygen atoms in total. The van der Waals surface area contributed by atoms with Crippen LogP contribution >= 0.6 is 11.6 Å². The van der Waals surface area contributed by atoms with Gasteiger partial charge >= 0.3 is 5.97 Å². The zero-order valence-corrected chi connectivity index (χ0v) is 12.1. The van der Waals surface area contributed by atoms with E-state index in [0.717, 1.165) is 5.56 Å². The molecule has 106 valence electrons. The lowest BCUT2D eigenvalue weighted by Gasteiger charge is -2.05. The van der Waals surface area contributed by atoms with Crippen LogP contribution in [0.3, 0.4) is 0 Å². The van der Waals surface area contributed by atoms with Crippen LogP contribution in [0.25, 0.3) is 6.08 Å². The number of ketones is 1. The summed E-state index contributed by atoms with van der Waals surface area (Å²) in [6, 6.07) is 13.7. The van der Waals surface area contributed by atoms with Gasteiger partial charge in [0.2, 0.25) is 0 Å². The van der Waals surface area contributed by atoms with E-state index in [1.807, 2.05) is 12.1 Å². The summed E-state index contributed by atoms with van der Waals surface area (Å²) in [4.78, 5) is 23.2. The molecule has 0 spiro atoms. The first-order valence-electron chi connectivity index (χ1n) is 6.31. The van der Waals surface area contributed by atoms with Crippen molar-refractivity contribution < 1.29 is 14.3 Å². The van der Waals surface area contributed by atoms with E-state index >= 15 is 0 Å². The number of carbonyl (C=O) groups excluding carboxylic acids is 2. The Morgan fingerprint density at radius 2 is 1.71 bits per heavy atom. The average Bonchev–Trinajstić information content (AvgIpc) is 2.46. The van der Waals surface area contributed by atoms with Crippen LogP contribution in [0.5, 0.6) is 5.75 Å². The van der Waals surface area contributed by atoms with Gasteiger partial charge in [-0.15, -0.1) is 0 Å². The third-order valence-corrected chi connectivity index (χ3v) is 2.96. The van der Waals surface area contributed by atoms with Crippen LogP contribution in [0.4, 0.5) is 0 Å². The minimum absolute atomic E-state index is 0.234. The van der Waals surface area contributed by atoms with E-state index in [9.17, 15) is 9.59 Å². The van der Waals surface area contributed by atoms with Crippen LogP contribution in [0.1, 0.15) is 22.8 Å². The molecule has 0 saturated heterocycles. The van der Waals surface area contributed by atoms with E-state index in [2.05, 4.69) is 0 Å².